The number of benzene rings is 3. The van der Waals surface area contributed by atoms with E-state index in [1.807, 2.05) is 31.2 Å². The zero-order chi connectivity index (χ0) is 23.5. The van der Waals surface area contributed by atoms with Crippen molar-refractivity contribution in [3.05, 3.63) is 75.8 Å². The summed E-state index contributed by atoms with van der Waals surface area (Å²) in [5.41, 5.74) is 5.83. The van der Waals surface area contributed by atoms with Crippen LogP contribution in [0.3, 0.4) is 0 Å². The number of nitrogens with one attached hydrogen (secondary N) is 2. The standard InChI is InChI=1S/C25H22BrN3O3S/c1-4-31-21-9-7-16(12-19(21)26)23(30)29-25(33)27-18-8-10-22-20(13-18)28-24(32-22)17-6-5-14(2)15(3)11-17/h5-13H,4H2,1-3H3,(H2,27,29,30,33). The second-order valence-electron chi connectivity index (χ2n) is 7.49. The van der Waals surface area contributed by atoms with Crippen molar-refractivity contribution in [3.63, 3.8) is 0 Å². The van der Waals surface area contributed by atoms with E-state index in [0.29, 0.717) is 45.1 Å². The number of rotatable bonds is 5. The second kappa shape index (κ2) is 9.72. The molecule has 4 aromatic rings. The highest BCUT2D eigenvalue weighted by Gasteiger charge is 2.13. The summed E-state index contributed by atoms with van der Waals surface area (Å²) in [6.07, 6.45) is 0. The number of amides is 1. The molecule has 0 radical (unpaired) electrons. The van der Waals surface area contributed by atoms with Gasteiger partial charge in [0.05, 0.1) is 11.1 Å². The summed E-state index contributed by atoms with van der Waals surface area (Å²) < 4.78 is 12.1. The van der Waals surface area contributed by atoms with E-state index in [0.717, 1.165) is 5.56 Å². The van der Waals surface area contributed by atoms with Gasteiger partial charge in [0, 0.05) is 16.8 Å². The Kier molecular flexibility index (Phi) is 6.76. The highest BCUT2D eigenvalue weighted by Crippen LogP contribution is 2.28. The zero-order valence-corrected chi connectivity index (χ0v) is 20.8. The highest BCUT2D eigenvalue weighted by molar-refractivity contribution is 9.10. The molecule has 1 heterocycles. The third-order valence-electron chi connectivity index (χ3n) is 5.12. The molecule has 4 rings (SSSR count). The number of anilines is 1. The molecule has 0 spiro atoms. The molecule has 8 heteroatoms. The third kappa shape index (κ3) is 5.23. The van der Waals surface area contributed by atoms with Gasteiger partial charge in [-0.3, -0.25) is 10.1 Å². The van der Waals surface area contributed by atoms with Crippen molar-refractivity contribution in [1.29, 1.82) is 0 Å². The van der Waals surface area contributed by atoms with E-state index < -0.39 is 0 Å². The first-order chi connectivity index (χ1) is 15.8. The van der Waals surface area contributed by atoms with Crippen molar-refractivity contribution in [3.8, 4) is 17.2 Å². The van der Waals surface area contributed by atoms with Crippen molar-refractivity contribution in [2.75, 3.05) is 11.9 Å². The fourth-order valence-electron chi connectivity index (χ4n) is 3.26. The number of thiocarbonyl (C=S) groups is 1. The van der Waals surface area contributed by atoms with Crippen molar-refractivity contribution in [2.45, 2.75) is 20.8 Å². The van der Waals surface area contributed by atoms with Crippen molar-refractivity contribution < 1.29 is 13.9 Å². The van der Waals surface area contributed by atoms with Crippen molar-refractivity contribution in [2.24, 2.45) is 0 Å². The first-order valence-electron chi connectivity index (χ1n) is 10.4. The Hall–Kier alpha value is -3.23. The van der Waals surface area contributed by atoms with E-state index in [4.69, 9.17) is 21.4 Å². The molecular weight excluding hydrogens is 502 g/mol. The molecule has 0 atom stereocenters. The van der Waals surface area contributed by atoms with E-state index in [-0.39, 0.29) is 11.0 Å². The van der Waals surface area contributed by atoms with Crippen LogP contribution in [0.5, 0.6) is 5.75 Å². The molecule has 0 fully saturated rings. The zero-order valence-electron chi connectivity index (χ0n) is 18.4. The Morgan fingerprint density at radius 2 is 1.91 bits per heavy atom. The first-order valence-corrected chi connectivity index (χ1v) is 11.6. The number of carbonyl (C=O) groups is 1. The quantitative estimate of drug-likeness (QED) is 0.294. The molecule has 0 aliphatic rings. The monoisotopic (exact) mass is 523 g/mol. The van der Waals surface area contributed by atoms with E-state index in [2.05, 4.69) is 57.5 Å². The fraction of sp³-hybridized carbons (Fsp3) is 0.160. The van der Waals surface area contributed by atoms with Crippen LogP contribution in [0.2, 0.25) is 0 Å². The average molecular weight is 524 g/mol. The van der Waals surface area contributed by atoms with E-state index in [1.54, 1.807) is 18.2 Å². The molecule has 0 aliphatic heterocycles. The van der Waals surface area contributed by atoms with Crippen LogP contribution < -0.4 is 15.4 Å². The molecule has 0 saturated carbocycles. The van der Waals surface area contributed by atoms with Crippen LogP contribution in [0.4, 0.5) is 5.69 Å². The summed E-state index contributed by atoms with van der Waals surface area (Å²) in [4.78, 5) is 17.2. The summed E-state index contributed by atoms with van der Waals surface area (Å²) in [5, 5.41) is 5.90. The Labute approximate surface area is 205 Å². The number of oxazole rings is 1. The molecule has 6 nitrogen and oxygen atoms in total. The molecule has 0 bridgehead atoms. The van der Waals surface area contributed by atoms with Gasteiger partial charge in [-0.15, -0.1) is 0 Å². The summed E-state index contributed by atoms with van der Waals surface area (Å²) in [6.45, 7) is 6.57. The molecule has 168 valence electrons. The number of fused-ring (bicyclic) bond motifs is 1. The van der Waals surface area contributed by atoms with E-state index in [9.17, 15) is 4.79 Å². The molecule has 3 aromatic carbocycles. The lowest BCUT2D eigenvalue weighted by Crippen LogP contribution is -2.34. The Bertz CT molecular complexity index is 1370. The number of hydrogen-bond donors (Lipinski definition) is 2. The molecule has 0 saturated heterocycles. The summed E-state index contributed by atoms with van der Waals surface area (Å²) in [6, 6.07) is 16.7. The second-order valence-corrected chi connectivity index (χ2v) is 8.75. The molecule has 0 unspecified atom stereocenters. The number of halogens is 1. The van der Waals surface area contributed by atoms with Crippen LogP contribution in [-0.4, -0.2) is 22.6 Å². The van der Waals surface area contributed by atoms with Gasteiger partial charge in [-0.25, -0.2) is 4.98 Å². The number of nitrogens with zero attached hydrogens (tertiary/aromatic N) is 1. The molecule has 33 heavy (non-hydrogen) atoms. The largest absolute Gasteiger partial charge is 0.493 e. The molecular formula is C25H22BrN3O3S. The SMILES string of the molecule is CCOc1ccc(C(=O)NC(=S)Nc2ccc3oc(-c4ccc(C)c(C)c4)nc3c2)cc1Br. The molecule has 2 N–H and O–H groups in total. The van der Waals surface area contributed by atoms with Crippen molar-refractivity contribution >= 4 is 56.0 Å². The number of aryl methyl sites for hydroxylation is 2. The van der Waals surface area contributed by atoms with E-state index >= 15 is 0 Å². The lowest BCUT2D eigenvalue weighted by Gasteiger charge is -2.11. The predicted octanol–water partition coefficient (Wildman–Crippen LogP) is 6.40. The lowest BCUT2D eigenvalue weighted by atomic mass is 10.1. The fourth-order valence-corrected chi connectivity index (χ4v) is 3.96. The minimum absolute atomic E-state index is 0.183. The minimum Gasteiger partial charge on any atom is -0.493 e. The lowest BCUT2D eigenvalue weighted by molar-refractivity contribution is 0.0977. The van der Waals surface area contributed by atoms with Gasteiger partial charge in [0.2, 0.25) is 5.89 Å². The Morgan fingerprint density at radius 1 is 1.09 bits per heavy atom. The molecule has 1 aromatic heterocycles. The van der Waals surface area contributed by atoms with Crippen LogP contribution in [-0.2, 0) is 0 Å². The summed E-state index contributed by atoms with van der Waals surface area (Å²) >= 11 is 8.74. The maximum atomic E-state index is 12.6. The third-order valence-corrected chi connectivity index (χ3v) is 5.94. The Morgan fingerprint density at radius 3 is 2.64 bits per heavy atom. The van der Waals surface area contributed by atoms with Crippen LogP contribution in [0, 0.1) is 13.8 Å². The summed E-state index contributed by atoms with van der Waals surface area (Å²) in [7, 11) is 0. The van der Waals surface area contributed by atoms with Gasteiger partial charge < -0.3 is 14.5 Å². The van der Waals surface area contributed by atoms with Gasteiger partial charge in [-0.1, -0.05) is 6.07 Å². The van der Waals surface area contributed by atoms with Crippen LogP contribution >= 0.6 is 28.1 Å². The Balaban J connectivity index is 1.46. The molecule has 0 aliphatic carbocycles. The number of hydrogen-bond acceptors (Lipinski definition) is 5. The molecule has 1 amide bonds. The maximum absolute atomic E-state index is 12.6. The van der Waals surface area contributed by atoms with Crippen LogP contribution in [0.15, 0.2) is 63.5 Å². The topological polar surface area (TPSA) is 76.4 Å². The highest BCUT2D eigenvalue weighted by atomic mass is 79.9. The van der Waals surface area contributed by atoms with Gasteiger partial charge >= 0.3 is 0 Å². The van der Waals surface area contributed by atoms with Gasteiger partial charge in [-0.2, -0.15) is 0 Å². The number of aromatic nitrogens is 1. The number of ether oxygens (including phenoxy) is 1. The number of carbonyl (C=O) groups excluding carboxylic acids is 1. The van der Waals surface area contributed by atoms with Crippen LogP contribution in [0.1, 0.15) is 28.4 Å². The van der Waals surface area contributed by atoms with Gasteiger partial charge in [0.25, 0.3) is 5.91 Å². The van der Waals surface area contributed by atoms with Gasteiger partial charge in [-0.05, 0) is 109 Å². The maximum Gasteiger partial charge on any atom is 0.257 e. The van der Waals surface area contributed by atoms with Gasteiger partial charge in [0.1, 0.15) is 11.3 Å². The smallest absolute Gasteiger partial charge is 0.257 e. The summed E-state index contributed by atoms with van der Waals surface area (Å²) in [5.74, 6) is 0.911. The van der Waals surface area contributed by atoms with Crippen LogP contribution in [0.25, 0.3) is 22.6 Å². The van der Waals surface area contributed by atoms with E-state index in [1.165, 1.54) is 11.1 Å². The normalized spacial score (nSPS) is 10.8. The average Bonchev–Trinajstić information content (AvgIpc) is 3.20. The van der Waals surface area contributed by atoms with Crippen molar-refractivity contribution in [1.82, 2.24) is 10.3 Å². The minimum atomic E-state index is -0.323. The first kappa shape index (κ1) is 22.9. The van der Waals surface area contributed by atoms with Gasteiger partial charge in [0.15, 0.2) is 10.7 Å². The predicted molar refractivity (Wildman–Crippen MR) is 138 cm³/mol.